The molecular weight excluding hydrogens is 481 g/mol. The predicted octanol–water partition coefficient (Wildman–Crippen LogP) is 4.42. The molecule has 2 heterocycles. The molecule has 28 heavy (non-hydrogen) atoms. The van der Waals surface area contributed by atoms with Gasteiger partial charge in [-0.25, -0.2) is 4.98 Å². The summed E-state index contributed by atoms with van der Waals surface area (Å²) in [6, 6.07) is 0.599. The number of thiazole rings is 1. The minimum atomic E-state index is 0. The Balaban J connectivity index is 0.00000280. The quantitative estimate of drug-likeness (QED) is 0.332. The Morgan fingerprint density at radius 3 is 2.46 bits per heavy atom. The van der Waals surface area contributed by atoms with E-state index in [-0.39, 0.29) is 24.0 Å². The highest BCUT2D eigenvalue weighted by Gasteiger charge is 2.22. The van der Waals surface area contributed by atoms with E-state index in [2.05, 4.69) is 44.7 Å². The highest BCUT2D eigenvalue weighted by Crippen LogP contribution is 2.26. The van der Waals surface area contributed by atoms with Gasteiger partial charge in [0.2, 0.25) is 0 Å². The summed E-state index contributed by atoms with van der Waals surface area (Å²) in [6.45, 7) is 8.80. The summed E-state index contributed by atoms with van der Waals surface area (Å²) in [7, 11) is 1.89. The first-order valence-corrected chi connectivity index (χ1v) is 11.6. The minimum absolute atomic E-state index is 0. The average molecular weight is 520 g/mol. The maximum absolute atomic E-state index is 4.60. The molecular formula is C21H38IN5S. The smallest absolute Gasteiger partial charge is 0.191 e. The van der Waals surface area contributed by atoms with Gasteiger partial charge in [0, 0.05) is 31.6 Å². The molecule has 2 fully saturated rings. The van der Waals surface area contributed by atoms with Crippen molar-refractivity contribution in [1.82, 2.24) is 20.5 Å². The first-order valence-electron chi connectivity index (χ1n) is 10.8. The molecule has 5 nitrogen and oxygen atoms in total. The van der Waals surface area contributed by atoms with Crippen LogP contribution in [0, 0.1) is 18.8 Å². The lowest BCUT2D eigenvalue weighted by Crippen LogP contribution is -2.47. The fraction of sp³-hybridized carbons (Fsp3) is 0.810. The fourth-order valence-electron chi connectivity index (χ4n) is 4.40. The van der Waals surface area contributed by atoms with E-state index in [1.807, 2.05) is 7.05 Å². The van der Waals surface area contributed by atoms with E-state index in [9.17, 15) is 0 Å². The van der Waals surface area contributed by atoms with Gasteiger partial charge < -0.3 is 10.6 Å². The Hall–Kier alpha value is -0.410. The lowest BCUT2D eigenvalue weighted by Gasteiger charge is -2.33. The third kappa shape index (κ3) is 7.44. The molecule has 0 radical (unpaired) electrons. The van der Waals surface area contributed by atoms with Crippen molar-refractivity contribution in [2.45, 2.75) is 71.4 Å². The van der Waals surface area contributed by atoms with Crippen molar-refractivity contribution in [1.29, 1.82) is 0 Å². The number of rotatable bonds is 6. The molecule has 1 aliphatic heterocycles. The van der Waals surface area contributed by atoms with Crippen LogP contribution < -0.4 is 10.6 Å². The monoisotopic (exact) mass is 519 g/mol. The molecule has 1 aromatic heterocycles. The van der Waals surface area contributed by atoms with Gasteiger partial charge in [0.1, 0.15) is 0 Å². The summed E-state index contributed by atoms with van der Waals surface area (Å²) in [5.41, 5.74) is 1.23. The van der Waals surface area contributed by atoms with Crippen LogP contribution in [0.1, 0.15) is 62.6 Å². The van der Waals surface area contributed by atoms with E-state index in [0.717, 1.165) is 30.9 Å². The van der Waals surface area contributed by atoms with Crippen LogP contribution in [0.25, 0.3) is 0 Å². The Labute approximate surface area is 192 Å². The van der Waals surface area contributed by atoms with Crippen molar-refractivity contribution < 1.29 is 0 Å². The van der Waals surface area contributed by atoms with Gasteiger partial charge in [0.25, 0.3) is 0 Å². The first kappa shape index (κ1) is 23.9. The number of hydrogen-bond acceptors (Lipinski definition) is 4. The van der Waals surface area contributed by atoms with Gasteiger partial charge in [-0.2, -0.15) is 0 Å². The Kier molecular flexibility index (Phi) is 10.5. The lowest BCUT2D eigenvalue weighted by molar-refractivity contribution is 0.176. The maximum atomic E-state index is 4.60. The third-order valence-corrected chi connectivity index (χ3v) is 7.13. The first-order chi connectivity index (χ1) is 13.2. The molecule has 1 aromatic rings. The number of aromatic nitrogens is 1. The van der Waals surface area contributed by atoms with Crippen molar-refractivity contribution in [3.8, 4) is 0 Å². The molecule has 0 atom stereocenters. The lowest BCUT2D eigenvalue weighted by atomic mass is 9.84. The second-order valence-electron chi connectivity index (χ2n) is 8.30. The number of hydrogen-bond donors (Lipinski definition) is 2. The highest BCUT2D eigenvalue weighted by atomic mass is 127. The zero-order valence-electron chi connectivity index (χ0n) is 17.7. The van der Waals surface area contributed by atoms with Gasteiger partial charge in [-0.05, 0) is 70.4 Å². The van der Waals surface area contributed by atoms with Gasteiger partial charge in [0.05, 0.1) is 10.7 Å². The summed E-state index contributed by atoms with van der Waals surface area (Å²) in [5, 5.41) is 10.6. The van der Waals surface area contributed by atoms with E-state index in [1.54, 1.807) is 11.3 Å². The Bertz CT molecular complexity index is 589. The van der Waals surface area contributed by atoms with Crippen LogP contribution in [-0.2, 0) is 6.54 Å². The summed E-state index contributed by atoms with van der Waals surface area (Å²) in [6.07, 6.45) is 9.15. The van der Waals surface area contributed by atoms with Crippen molar-refractivity contribution >= 4 is 41.3 Å². The SMILES string of the molecule is CCC1CCC(NC(=NC)NCC2CCN(Cc3csc(C)n3)CC2)CC1.I. The zero-order chi connectivity index (χ0) is 19.1. The Morgan fingerprint density at radius 2 is 1.89 bits per heavy atom. The molecule has 0 unspecified atom stereocenters. The zero-order valence-corrected chi connectivity index (χ0v) is 20.9. The molecule has 1 saturated carbocycles. The summed E-state index contributed by atoms with van der Waals surface area (Å²) >= 11 is 1.75. The second kappa shape index (κ2) is 12.3. The molecule has 0 spiro atoms. The molecule has 7 heteroatoms. The summed E-state index contributed by atoms with van der Waals surface area (Å²) < 4.78 is 0. The molecule has 0 amide bonds. The van der Waals surface area contributed by atoms with E-state index in [0.29, 0.717) is 6.04 Å². The van der Waals surface area contributed by atoms with Gasteiger partial charge in [-0.1, -0.05) is 13.3 Å². The highest BCUT2D eigenvalue weighted by molar-refractivity contribution is 14.0. The van der Waals surface area contributed by atoms with Crippen LogP contribution in [0.2, 0.25) is 0 Å². The van der Waals surface area contributed by atoms with Crippen LogP contribution in [0.3, 0.4) is 0 Å². The summed E-state index contributed by atoms with van der Waals surface area (Å²) in [5.74, 6) is 2.68. The van der Waals surface area contributed by atoms with Gasteiger partial charge in [-0.15, -0.1) is 35.3 Å². The van der Waals surface area contributed by atoms with Crippen LogP contribution >= 0.6 is 35.3 Å². The van der Waals surface area contributed by atoms with E-state index in [4.69, 9.17) is 0 Å². The average Bonchev–Trinajstić information content (AvgIpc) is 3.11. The molecule has 0 bridgehead atoms. The number of nitrogens with zero attached hydrogens (tertiary/aromatic N) is 3. The topological polar surface area (TPSA) is 52.6 Å². The van der Waals surface area contributed by atoms with Crippen LogP contribution in [0.5, 0.6) is 0 Å². The molecule has 0 aromatic carbocycles. The van der Waals surface area contributed by atoms with Crippen molar-refractivity contribution in [2.24, 2.45) is 16.8 Å². The fourth-order valence-corrected chi connectivity index (χ4v) is 5.01. The number of halogens is 1. The largest absolute Gasteiger partial charge is 0.356 e. The van der Waals surface area contributed by atoms with Crippen LogP contribution in [-0.4, -0.2) is 48.6 Å². The number of aliphatic imine (C=N–C) groups is 1. The van der Waals surface area contributed by atoms with Crippen LogP contribution in [0.4, 0.5) is 0 Å². The molecule has 1 aliphatic carbocycles. The van der Waals surface area contributed by atoms with Crippen molar-refractivity contribution in [2.75, 3.05) is 26.7 Å². The van der Waals surface area contributed by atoms with Crippen LogP contribution in [0.15, 0.2) is 10.4 Å². The molecule has 2 N–H and O–H groups in total. The molecule has 3 rings (SSSR count). The molecule has 2 aliphatic rings. The predicted molar refractivity (Wildman–Crippen MR) is 131 cm³/mol. The summed E-state index contributed by atoms with van der Waals surface area (Å²) in [4.78, 5) is 11.6. The number of aryl methyl sites for hydroxylation is 1. The molecule has 1 saturated heterocycles. The Morgan fingerprint density at radius 1 is 1.18 bits per heavy atom. The number of piperidine rings is 1. The normalized spacial score (nSPS) is 24.6. The number of likely N-dealkylation sites (tertiary alicyclic amines) is 1. The number of guanidine groups is 1. The van der Waals surface area contributed by atoms with Gasteiger partial charge >= 0.3 is 0 Å². The van der Waals surface area contributed by atoms with Crippen molar-refractivity contribution in [3.63, 3.8) is 0 Å². The van der Waals surface area contributed by atoms with Gasteiger partial charge in [-0.3, -0.25) is 9.89 Å². The van der Waals surface area contributed by atoms with E-state index < -0.39 is 0 Å². The number of nitrogens with one attached hydrogen (secondary N) is 2. The second-order valence-corrected chi connectivity index (χ2v) is 9.36. The third-order valence-electron chi connectivity index (χ3n) is 6.31. The van der Waals surface area contributed by atoms with Gasteiger partial charge in [0.15, 0.2) is 5.96 Å². The molecule has 160 valence electrons. The van der Waals surface area contributed by atoms with E-state index >= 15 is 0 Å². The van der Waals surface area contributed by atoms with Crippen molar-refractivity contribution in [3.05, 3.63) is 16.1 Å². The maximum Gasteiger partial charge on any atom is 0.191 e. The standard InChI is InChI=1S/C21H37N5S.HI/c1-4-17-5-7-19(8-6-17)25-21(22-3)23-13-18-9-11-26(12-10-18)14-20-15-27-16(2)24-20;/h15,17-19H,4-14H2,1-3H3,(H2,22,23,25);1H. The minimum Gasteiger partial charge on any atom is -0.356 e. The van der Waals surface area contributed by atoms with E-state index in [1.165, 1.54) is 68.7 Å².